The monoisotopic (exact) mass is 680 g/mol. The second-order valence-electron chi connectivity index (χ2n) is 17.1. The van der Waals surface area contributed by atoms with Crippen molar-refractivity contribution in [2.24, 2.45) is 39.4 Å². The predicted octanol–water partition coefficient (Wildman–Crippen LogP) is 0.356. The van der Waals surface area contributed by atoms with Crippen molar-refractivity contribution in [3.63, 3.8) is 0 Å². The van der Waals surface area contributed by atoms with Crippen LogP contribution in [0.2, 0.25) is 0 Å². The molecule has 16 atom stereocenters. The highest BCUT2D eigenvalue weighted by Gasteiger charge is 2.75. The van der Waals surface area contributed by atoms with Crippen molar-refractivity contribution in [1.29, 1.82) is 0 Å². The summed E-state index contributed by atoms with van der Waals surface area (Å²) < 4.78 is 18.4. The molecule has 2 heterocycles. The molecule has 6 aliphatic rings. The Morgan fingerprint density at radius 1 is 0.938 bits per heavy atom. The molecule has 2 aliphatic heterocycles. The van der Waals surface area contributed by atoms with E-state index in [4.69, 9.17) is 14.2 Å². The van der Waals surface area contributed by atoms with Crippen LogP contribution in [-0.4, -0.2) is 127 Å². The third-order valence-electron chi connectivity index (χ3n) is 14.2. The number of carbonyl (C=O) groups excluding carboxylic acids is 1. The molecule has 0 spiro atoms. The molecular weight excluding hydrogens is 624 g/mol. The Morgan fingerprint density at radius 3 is 2.23 bits per heavy atom. The smallest absolute Gasteiger partial charge is 0.187 e. The Morgan fingerprint density at radius 2 is 1.60 bits per heavy atom. The number of hydrogen-bond acceptors (Lipinski definition) is 12. The maximum atomic E-state index is 14.7. The lowest BCUT2D eigenvalue weighted by molar-refractivity contribution is -0.327. The zero-order valence-corrected chi connectivity index (χ0v) is 29.0. The van der Waals surface area contributed by atoms with Crippen LogP contribution in [0.5, 0.6) is 0 Å². The maximum Gasteiger partial charge on any atom is 0.187 e. The molecule has 48 heavy (non-hydrogen) atoms. The van der Waals surface area contributed by atoms with Crippen LogP contribution in [-0.2, 0) is 19.0 Å². The Bertz CT molecular complexity index is 1320. The molecule has 0 amide bonds. The first-order valence-corrected chi connectivity index (χ1v) is 17.5. The highest BCUT2D eigenvalue weighted by molar-refractivity contribution is 5.88. The summed E-state index contributed by atoms with van der Waals surface area (Å²) in [6, 6.07) is 0. The van der Waals surface area contributed by atoms with E-state index in [-0.39, 0.29) is 62.1 Å². The van der Waals surface area contributed by atoms with Crippen LogP contribution in [0.3, 0.4) is 0 Å². The number of aliphatic hydroxyl groups excluding tert-OH is 7. The number of rotatable bonds is 6. The lowest BCUT2D eigenvalue weighted by Gasteiger charge is -2.65. The molecule has 5 fully saturated rings. The van der Waals surface area contributed by atoms with Gasteiger partial charge in [0.15, 0.2) is 6.29 Å². The van der Waals surface area contributed by atoms with Crippen LogP contribution in [0.15, 0.2) is 23.3 Å². The maximum absolute atomic E-state index is 14.7. The average molecular weight is 681 g/mol. The predicted molar refractivity (Wildman–Crippen MR) is 171 cm³/mol. The summed E-state index contributed by atoms with van der Waals surface area (Å²) in [5.74, 6) is -0.628. The van der Waals surface area contributed by atoms with Gasteiger partial charge >= 0.3 is 0 Å². The minimum absolute atomic E-state index is 0.0979. The summed E-state index contributed by atoms with van der Waals surface area (Å²) >= 11 is 0. The highest BCUT2D eigenvalue weighted by Crippen LogP contribution is 2.75. The molecule has 4 aliphatic carbocycles. The first-order chi connectivity index (χ1) is 22.3. The third-order valence-corrected chi connectivity index (χ3v) is 14.2. The van der Waals surface area contributed by atoms with Gasteiger partial charge in [0.25, 0.3) is 0 Å². The van der Waals surface area contributed by atoms with Gasteiger partial charge in [-0.05, 0) is 54.4 Å². The summed E-state index contributed by atoms with van der Waals surface area (Å²) in [5.41, 5.74) is -2.38. The molecular formula is C36H56O12. The summed E-state index contributed by atoms with van der Waals surface area (Å²) in [7, 11) is 0. The molecule has 8 N–H and O–H groups in total. The van der Waals surface area contributed by atoms with Crippen LogP contribution in [0.25, 0.3) is 0 Å². The van der Waals surface area contributed by atoms with Crippen LogP contribution in [0.1, 0.15) is 73.6 Å². The largest absolute Gasteiger partial charge is 0.394 e. The van der Waals surface area contributed by atoms with E-state index < -0.39 is 82.9 Å². The first-order valence-electron chi connectivity index (χ1n) is 17.5. The number of hydrogen-bond donors (Lipinski definition) is 8. The molecule has 272 valence electrons. The number of ketones is 1. The van der Waals surface area contributed by atoms with E-state index in [1.807, 2.05) is 27.7 Å². The van der Waals surface area contributed by atoms with Crippen molar-refractivity contribution in [2.45, 2.75) is 134 Å². The van der Waals surface area contributed by atoms with Gasteiger partial charge in [-0.1, -0.05) is 52.3 Å². The number of allylic oxidation sites excluding steroid dienone is 1. The van der Waals surface area contributed by atoms with Gasteiger partial charge in [-0.2, -0.15) is 0 Å². The molecule has 12 heteroatoms. The van der Waals surface area contributed by atoms with Gasteiger partial charge in [0.1, 0.15) is 30.2 Å². The van der Waals surface area contributed by atoms with Crippen molar-refractivity contribution in [3.8, 4) is 0 Å². The summed E-state index contributed by atoms with van der Waals surface area (Å²) in [6.07, 6.45) is -4.22. The number of carbonyl (C=O) groups is 1. The Kier molecular flexibility index (Phi) is 9.24. The van der Waals surface area contributed by atoms with Gasteiger partial charge in [-0.25, -0.2) is 0 Å². The fourth-order valence-corrected chi connectivity index (χ4v) is 11.6. The highest BCUT2D eigenvalue weighted by atomic mass is 16.7. The molecule has 12 nitrogen and oxygen atoms in total. The molecule has 0 radical (unpaired) electrons. The molecule has 0 aromatic carbocycles. The molecule has 0 aromatic heterocycles. The normalized spacial score (nSPS) is 52.8. The van der Waals surface area contributed by atoms with E-state index >= 15 is 0 Å². The number of ether oxygens (including phenoxy) is 3. The summed E-state index contributed by atoms with van der Waals surface area (Å²) in [4.78, 5) is 14.7. The standard InChI is InChI=1S/C36H56O12/c1-32(2)19-7-8-24-33(3)12-22-29(35(5,45)11-18(46-22)9-17(14-37)15-38)34(33,4)13-25(41)36(24,6)20(19)10-21(40)30(32)48-31-28(44)27(43)26(42)23(16-39)47-31/h7,9,18,20-24,26-31,37-40,42-45H,8,10-16H2,1-6H3/t18-,20-,21?,22-,23-,24+,26-,27+,28-,29?,30-,31+,33+,34-,35?,36-/m1/s1. The van der Waals surface area contributed by atoms with E-state index in [0.717, 1.165) is 5.57 Å². The second-order valence-corrected chi connectivity index (χ2v) is 17.1. The van der Waals surface area contributed by atoms with Crippen LogP contribution < -0.4 is 0 Å². The Labute approximate surface area is 282 Å². The topological polar surface area (TPSA) is 207 Å². The van der Waals surface area contributed by atoms with Crippen molar-refractivity contribution in [2.75, 3.05) is 19.8 Å². The summed E-state index contributed by atoms with van der Waals surface area (Å²) in [5, 5.41) is 84.0. The third kappa shape index (κ3) is 5.08. The fraction of sp³-hybridized carbons (Fsp3) is 0.861. The molecule has 0 bridgehead atoms. The van der Waals surface area contributed by atoms with E-state index in [9.17, 15) is 45.6 Å². The lowest BCUT2D eigenvalue weighted by Crippen LogP contribution is -2.66. The van der Waals surface area contributed by atoms with E-state index in [0.29, 0.717) is 18.4 Å². The zero-order chi connectivity index (χ0) is 35.4. The zero-order valence-electron chi connectivity index (χ0n) is 29.0. The minimum atomic E-state index is -1.61. The van der Waals surface area contributed by atoms with Gasteiger partial charge in [-0.15, -0.1) is 0 Å². The van der Waals surface area contributed by atoms with Crippen LogP contribution >= 0.6 is 0 Å². The molecule has 2 saturated heterocycles. The second kappa shape index (κ2) is 12.2. The quantitative estimate of drug-likeness (QED) is 0.179. The Balaban J connectivity index is 1.32. The van der Waals surface area contributed by atoms with E-state index in [1.165, 1.54) is 0 Å². The van der Waals surface area contributed by atoms with Gasteiger partial charge in [0, 0.05) is 29.6 Å². The lowest BCUT2D eigenvalue weighted by atomic mass is 9.38. The number of Topliss-reactive ketones (excluding diaryl/α,β-unsaturated/α-hetero) is 1. The van der Waals surface area contributed by atoms with Gasteiger partial charge in [0.05, 0.1) is 49.8 Å². The molecule has 3 unspecified atom stereocenters. The molecule has 6 rings (SSSR count). The average Bonchev–Trinajstić information content (AvgIpc) is 3.24. The van der Waals surface area contributed by atoms with Crippen molar-refractivity contribution >= 4 is 5.78 Å². The van der Waals surface area contributed by atoms with Gasteiger partial charge in [0.2, 0.25) is 0 Å². The van der Waals surface area contributed by atoms with E-state index in [1.54, 1.807) is 6.08 Å². The first kappa shape index (κ1) is 36.5. The molecule has 3 saturated carbocycles. The van der Waals surface area contributed by atoms with Crippen molar-refractivity contribution in [1.82, 2.24) is 0 Å². The van der Waals surface area contributed by atoms with Crippen molar-refractivity contribution < 1.29 is 59.9 Å². The number of aliphatic hydroxyl groups is 8. The van der Waals surface area contributed by atoms with Gasteiger partial charge < -0.3 is 55.1 Å². The van der Waals surface area contributed by atoms with Crippen LogP contribution in [0.4, 0.5) is 0 Å². The SMILES string of the molecule is CC1(O)C[C@@H](C=C(CO)CO)O[C@@H]2C[C@@]3(C)[C@@H]4CC=C5[C@@H](CC(O)[C@@H](O[C@@H]6O[C@H](CO)[C@@H](O)[C@H](O)[C@H]6O)C5(C)C)[C@@]4(C)C(=O)C[C@]3(C)C21. The minimum Gasteiger partial charge on any atom is -0.394 e. The summed E-state index contributed by atoms with van der Waals surface area (Å²) in [6.45, 7) is 10.9. The van der Waals surface area contributed by atoms with Crippen LogP contribution in [0, 0.1) is 39.4 Å². The fourth-order valence-electron chi connectivity index (χ4n) is 11.6. The number of fused-ring (bicyclic) bond motifs is 7. The van der Waals surface area contributed by atoms with E-state index in [2.05, 4.69) is 19.9 Å². The Hall–Kier alpha value is -1.29. The van der Waals surface area contributed by atoms with Crippen molar-refractivity contribution in [3.05, 3.63) is 23.3 Å². The molecule has 0 aromatic rings. The van der Waals surface area contributed by atoms with Gasteiger partial charge in [-0.3, -0.25) is 4.79 Å².